The Morgan fingerprint density at radius 2 is 1.94 bits per heavy atom. The highest BCUT2D eigenvalue weighted by molar-refractivity contribution is 6.34. The first-order valence-corrected chi connectivity index (χ1v) is 5.94. The van der Waals surface area contributed by atoms with Crippen LogP contribution in [0.3, 0.4) is 0 Å². The fourth-order valence-electron chi connectivity index (χ4n) is 1.37. The van der Waals surface area contributed by atoms with Gasteiger partial charge in [-0.15, -0.1) is 0 Å². The van der Waals surface area contributed by atoms with E-state index in [1.807, 2.05) is 30.3 Å². The minimum Gasteiger partial charge on any atom is -0.457 e. The number of carbonyl (C=O) groups excluding carboxylic acids is 1. The molecular formula is C13H9Cl2NO2. The number of benzene rings is 1. The Labute approximate surface area is 114 Å². The lowest BCUT2D eigenvalue weighted by Gasteiger charge is -2.06. The first-order valence-electron chi connectivity index (χ1n) is 5.19. The van der Waals surface area contributed by atoms with E-state index in [9.17, 15) is 4.79 Å². The minimum atomic E-state index is -0.520. The molecule has 18 heavy (non-hydrogen) atoms. The van der Waals surface area contributed by atoms with Gasteiger partial charge in [0.25, 0.3) is 0 Å². The van der Waals surface area contributed by atoms with Crippen LogP contribution in [0.2, 0.25) is 10.2 Å². The molecule has 0 atom stereocenters. The van der Waals surface area contributed by atoms with Crippen molar-refractivity contribution < 1.29 is 9.53 Å². The smallest absolute Gasteiger partial charge is 0.340 e. The second-order valence-corrected chi connectivity index (χ2v) is 4.34. The highest BCUT2D eigenvalue weighted by Crippen LogP contribution is 2.19. The molecule has 0 N–H and O–H groups in total. The highest BCUT2D eigenvalue weighted by Gasteiger charge is 2.13. The molecule has 0 radical (unpaired) electrons. The van der Waals surface area contributed by atoms with Gasteiger partial charge in [0.05, 0.1) is 10.6 Å². The van der Waals surface area contributed by atoms with Crippen LogP contribution < -0.4 is 0 Å². The number of ether oxygens (including phenoxy) is 1. The van der Waals surface area contributed by atoms with E-state index in [4.69, 9.17) is 27.9 Å². The molecule has 1 aromatic carbocycles. The number of rotatable bonds is 3. The second kappa shape index (κ2) is 5.85. The molecule has 2 aromatic rings. The summed E-state index contributed by atoms with van der Waals surface area (Å²) in [4.78, 5) is 15.6. The largest absolute Gasteiger partial charge is 0.457 e. The van der Waals surface area contributed by atoms with Crippen LogP contribution in [0.4, 0.5) is 0 Å². The van der Waals surface area contributed by atoms with Crippen molar-refractivity contribution in [1.82, 2.24) is 4.98 Å². The van der Waals surface area contributed by atoms with E-state index in [1.165, 1.54) is 12.3 Å². The summed E-state index contributed by atoms with van der Waals surface area (Å²) in [6.07, 6.45) is 1.32. The molecule has 0 aliphatic carbocycles. The fraction of sp³-hybridized carbons (Fsp3) is 0.0769. The summed E-state index contributed by atoms with van der Waals surface area (Å²) < 4.78 is 5.14. The number of aromatic nitrogens is 1. The van der Waals surface area contributed by atoms with Crippen LogP contribution >= 0.6 is 23.2 Å². The van der Waals surface area contributed by atoms with Crippen LogP contribution in [0.15, 0.2) is 42.6 Å². The van der Waals surface area contributed by atoms with E-state index in [0.29, 0.717) is 0 Å². The number of carbonyl (C=O) groups is 1. The molecule has 0 fully saturated rings. The van der Waals surface area contributed by atoms with Crippen molar-refractivity contribution in [2.24, 2.45) is 0 Å². The topological polar surface area (TPSA) is 39.2 Å². The van der Waals surface area contributed by atoms with Crippen molar-refractivity contribution in [3.05, 3.63) is 63.9 Å². The van der Waals surface area contributed by atoms with Gasteiger partial charge >= 0.3 is 5.97 Å². The van der Waals surface area contributed by atoms with Crippen LogP contribution in [0.5, 0.6) is 0 Å². The lowest BCUT2D eigenvalue weighted by molar-refractivity contribution is 0.0473. The summed E-state index contributed by atoms with van der Waals surface area (Å²) >= 11 is 11.6. The van der Waals surface area contributed by atoms with Crippen molar-refractivity contribution >= 4 is 29.2 Å². The SMILES string of the molecule is O=C(OCc1ccccc1)c1cc(Cl)ncc1Cl. The predicted molar refractivity (Wildman–Crippen MR) is 69.8 cm³/mol. The molecule has 0 amide bonds. The van der Waals surface area contributed by atoms with Gasteiger partial charge in [0, 0.05) is 6.20 Å². The van der Waals surface area contributed by atoms with Crippen molar-refractivity contribution in [1.29, 1.82) is 0 Å². The quantitative estimate of drug-likeness (QED) is 0.635. The van der Waals surface area contributed by atoms with Crippen LogP contribution in [-0.2, 0) is 11.3 Å². The maximum Gasteiger partial charge on any atom is 0.340 e. The van der Waals surface area contributed by atoms with E-state index >= 15 is 0 Å². The van der Waals surface area contributed by atoms with E-state index < -0.39 is 5.97 Å². The highest BCUT2D eigenvalue weighted by atomic mass is 35.5. The van der Waals surface area contributed by atoms with Crippen LogP contribution in [0.25, 0.3) is 0 Å². The second-order valence-electron chi connectivity index (χ2n) is 3.55. The Bertz CT molecular complexity index is 558. The van der Waals surface area contributed by atoms with Gasteiger partial charge in [-0.3, -0.25) is 0 Å². The number of esters is 1. The molecule has 0 aliphatic rings. The van der Waals surface area contributed by atoms with Crippen LogP contribution in [0.1, 0.15) is 15.9 Å². The average Bonchev–Trinajstić information content (AvgIpc) is 2.40. The minimum absolute atomic E-state index is 0.190. The van der Waals surface area contributed by atoms with E-state index in [1.54, 1.807) is 0 Å². The summed E-state index contributed by atoms with van der Waals surface area (Å²) in [5.74, 6) is -0.520. The number of halogens is 2. The summed E-state index contributed by atoms with van der Waals surface area (Å²) in [5.41, 5.74) is 1.12. The van der Waals surface area contributed by atoms with Gasteiger partial charge in [0.15, 0.2) is 0 Å². The number of hydrogen-bond acceptors (Lipinski definition) is 3. The van der Waals surface area contributed by atoms with Crippen molar-refractivity contribution in [3.63, 3.8) is 0 Å². The van der Waals surface area contributed by atoms with Crippen molar-refractivity contribution in [2.45, 2.75) is 6.61 Å². The average molecular weight is 282 g/mol. The third-order valence-electron chi connectivity index (χ3n) is 2.25. The number of hydrogen-bond donors (Lipinski definition) is 0. The number of nitrogens with zero attached hydrogens (tertiary/aromatic N) is 1. The first-order chi connectivity index (χ1) is 8.66. The molecule has 3 nitrogen and oxygen atoms in total. The van der Waals surface area contributed by atoms with Gasteiger partial charge < -0.3 is 4.74 Å². The number of pyridine rings is 1. The van der Waals surface area contributed by atoms with Gasteiger partial charge in [-0.05, 0) is 11.6 Å². The van der Waals surface area contributed by atoms with Crippen molar-refractivity contribution in [3.8, 4) is 0 Å². The Morgan fingerprint density at radius 3 is 2.67 bits per heavy atom. The Kier molecular flexibility index (Phi) is 4.18. The summed E-state index contributed by atoms with van der Waals surface area (Å²) in [5, 5.41) is 0.420. The third kappa shape index (κ3) is 3.22. The molecule has 1 aromatic heterocycles. The molecule has 0 aliphatic heterocycles. The maximum absolute atomic E-state index is 11.8. The normalized spacial score (nSPS) is 10.1. The van der Waals surface area contributed by atoms with Gasteiger partial charge in [-0.25, -0.2) is 9.78 Å². The summed E-state index contributed by atoms with van der Waals surface area (Å²) in [6.45, 7) is 0.190. The van der Waals surface area contributed by atoms with Gasteiger partial charge in [-0.2, -0.15) is 0 Å². The first kappa shape index (κ1) is 12.9. The molecule has 92 valence electrons. The molecule has 5 heteroatoms. The third-order valence-corrected chi connectivity index (χ3v) is 2.76. The summed E-state index contributed by atoms with van der Waals surface area (Å²) in [6, 6.07) is 10.8. The zero-order valence-electron chi connectivity index (χ0n) is 9.27. The molecule has 2 rings (SSSR count). The molecule has 0 bridgehead atoms. The Morgan fingerprint density at radius 1 is 1.22 bits per heavy atom. The molecular weight excluding hydrogens is 273 g/mol. The zero-order valence-corrected chi connectivity index (χ0v) is 10.8. The van der Waals surface area contributed by atoms with Crippen LogP contribution in [0, 0.1) is 0 Å². The zero-order chi connectivity index (χ0) is 13.0. The van der Waals surface area contributed by atoms with Gasteiger partial charge in [0.1, 0.15) is 11.8 Å². The predicted octanol–water partition coefficient (Wildman–Crippen LogP) is 3.75. The molecule has 0 saturated carbocycles. The monoisotopic (exact) mass is 281 g/mol. The molecule has 0 spiro atoms. The van der Waals surface area contributed by atoms with E-state index in [-0.39, 0.29) is 22.3 Å². The Hall–Kier alpha value is -1.58. The maximum atomic E-state index is 11.8. The van der Waals surface area contributed by atoms with Gasteiger partial charge in [-0.1, -0.05) is 53.5 Å². The molecule has 1 heterocycles. The molecule has 0 saturated heterocycles. The lowest BCUT2D eigenvalue weighted by Crippen LogP contribution is -2.06. The lowest BCUT2D eigenvalue weighted by atomic mass is 10.2. The Balaban J connectivity index is 2.06. The fourth-order valence-corrected chi connectivity index (χ4v) is 1.71. The summed E-state index contributed by atoms with van der Waals surface area (Å²) in [7, 11) is 0. The standard InChI is InChI=1S/C13H9Cl2NO2/c14-11-7-16-12(15)6-10(11)13(17)18-8-9-4-2-1-3-5-9/h1-7H,8H2. The molecule has 0 unspecified atom stereocenters. The van der Waals surface area contributed by atoms with E-state index in [2.05, 4.69) is 4.98 Å². The van der Waals surface area contributed by atoms with Gasteiger partial charge in [0.2, 0.25) is 0 Å². The van der Waals surface area contributed by atoms with E-state index in [0.717, 1.165) is 5.56 Å². The van der Waals surface area contributed by atoms with Crippen molar-refractivity contribution in [2.75, 3.05) is 0 Å². The van der Waals surface area contributed by atoms with Crippen LogP contribution in [-0.4, -0.2) is 11.0 Å².